The quantitative estimate of drug-likeness (QED) is 0.231. The minimum atomic E-state index is 0.300. The van der Waals surface area contributed by atoms with Crippen molar-refractivity contribution in [1.82, 2.24) is 15.0 Å². The van der Waals surface area contributed by atoms with Crippen LogP contribution in [0.3, 0.4) is 0 Å². The molecular weight excluding hydrogens is 500 g/mol. The fraction of sp³-hybridized carbons (Fsp3) is 0.297. The molecule has 2 saturated carbocycles. The van der Waals surface area contributed by atoms with E-state index in [9.17, 15) is 5.26 Å². The van der Waals surface area contributed by atoms with E-state index in [4.69, 9.17) is 15.0 Å². The van der Waals surface area contributed by atoms with E-state index in [1.807, 2.05) is 60.7 Å². The van der Waals surface area contributed by atoms with E-state index in [0.29, 0.717) is 28.5 Å². The summed E-state index contributed by atoms with van der Waals surface area (Å²) >= 11 is 0. The van der Waals surface area contributed by atoms with Crippen LogP contribution in [0.15, 0.2) is 91.0 Å². The number of rotatable bonds is 4. The molecule has 4 atom stereocenters. The Morgan fingerprint density at radius 2 is 1.20 bits per heavy atom. The van der Waals surface area contributed by atoms with Crippen molar-refractivity contribution >= 4 is 10.8 Å². The molecule has 4 heteroatoms. The lowest BCUT2D eigenvalue weighted by Gasteiger charge is -2.50. The van der Waals surface area contributed by atoms with Crippen LogP contribution in [0.2, 0.25) is 0 Å². The minimum absolute atomic E-state index is 0.300. The first-order valence-electron chi connectivity index (χ1n) is 14.8. The maximum absolute atomic E-state index is 9.29. The molecule has 5 aromatic rings. The van der Waals surface area contributed by atoms with Crippen LogP contribution in [0.1, 0.15) is 57.1 Å². The second kappa shape index (κ2) is 10.2. The molecule has 2 unspecified atom stereocenters. The Kier molecular flexibility index (Phi) is 6.39. The molecule has 4 nitrogen and oxygen atoms in total. The molecule has 1 aromatic heterocycles. The summed E-state index contributed by atoms with van der Waals surface area (Å²) in [7, 11) is 0. The maximum Gasteiger partial charge on any atom is 0.164 e. The average Bonchev–Trinajstić information content (AvgIpc) is 3.00. The largest absolute Gasteiger partial charge is 0.208 e. The van der Waals surface area contributed by atoms with Gasteiger partial charge >= 0.3 is 0 Å². The van der Waals surface area contributed by atoms with E-state index < -0.39 is 0 Å². The average molecular weight is 535 g/mol. The second-order valence-electron chi connectivity index (χ2n) is 12.6. The lowest BCUT2D eigenvalue weighted by Crippen LogP contribution is -2.42. The van der Waals surface area contributed by atoms with Crippen molar-refractivity contribution in [3.63, 3.8) is 0 Å². The Balaban J connectivity index is 1.30. The monoisotopic (exact) mass is 534 g/mol. The van der Waals surface area contributed by atoms with E-state index in [1.165, 1.54) is 37.7 Å². The highest BCUT2D eigenvalue weighted by Crippen LogP contribution is 2.54. The molecule has 0 aliphatic heterocycles. The highest BCUT2D eigenvalue weighted by Gasteiger charge is 2.45. The van der Waals surface area contributed by atoms with Gasteiger partial charge in [0.2, 0.25) is 0 Å². The molecule has 2 bridgehead atoms. The van der Waals surface area contributed by atoms with Crippen molar-refractivity contribution in [1.29, 1.82) is 5.26 Å². The van der Waals surface area contributed by atoms with Crippen molar-refractivity contribution in [3.05, 3.63) is 102 Å². The predicted molar refractivity (Wildman–Crippen MR) is 165 cm³/mol. The summed E-state index contributed by atoms with van der Waals surface area (Å²) < 4.78 is 0. The molecule has 4 aromatic carbocycles. The third-order valence-corrected chi connectivity index (χ3v) is 9.28. The molecule has 2 aliphatic rings. The molecule has 7 rings (SSSR count). The van der Waals surface area contributed by atoms with E-state index in [-0.39, 0.29) is 0 Å². The maximum atomic E-state index is 9.29. The number of fused-ring (bicyclic) bond motifs is 3. The summed E-state index contributed by atoms with van der Waals surface area (Å²) in [6.07, 6.45) is 6.67. The summed E-state index contributed by atoms with van der Waals surface area (Å²) in [5.41, 5.74) is 5.34. The SMILES string of the molecule is CC1C[C@H]2C[C@@H](C)CC(c3ccc(-c4nc(-c5ccccc5)nc(-c5ccc6cc(C#N)ccc6c5)n4)cc3)(C1)C2. The number of hydrogen-bond donors (Lipinski definition) is 0. The van der Waals surface area contributed by atoms with Crippen LogP contribution < -0.4 is 0 Å². The molecule has 0 amide bonds. The third-order valence-electron chi connectivity index (χ3n) is 9.28. The Morgan fingerprint density at radius 1 is 0.634 bits per heavy atom. The normalized spacial score (nSPS) is 23.7. The highest BCUT2D eigenvalue weighted by atomic mass is 15.0. The Morgan fingerprint density at radius 3 is 1.85 bits per heavy atom. The van der Waals surface area contributed by atoms with Gasteiger partial charge in [-0.05, 0) is 89.8 Å². The zero-order chi connectivity index (χ0) is 28.0. The van der Waals surface area contributed by atoms with Gasteiger partial charge in [-0.2, -0.15) is 5.26 Å². The van der Waals surface area contributed by atoms with E-state index in [2.05, 4.69) is 50.2 Å². The van der Waals surface area contributed by atoms with Crippen molar-refractivity contribution < 1.29 is 0 Å². The van der Waals surface area contributed by atoms with Gasteiger partial charge in [0.15, 0.2) is 17.5 Å². The van der Waals surface area contributed by atoms with Crippen LogP contribution in [0.25, 0.3) is 44.9 Å². The number of nitrogens with zero attached hydrogens (tertiary/aromatic N) is 4. The second-order valence-corrected chi connectivity index (χ2v) is 12.6. The van der Waals surface area contributed by atoms with Gasteiger partial charge in [0.25, 0.3) is 0 Å². The molecule has 41 heavy (non-hydrogen) atoms. The molecule has 0 spiro atoms. The predicted octanol–water partition coefficient (Wildman–Crippen LogP) is 9.00. The lowest BCUT2D eigenvalue weighted by atomic mass is 9.54. The number of nitriles is 1. The molecule has 2 fully saturated rings. The van der Waals surface area contributed by atoms with Gasteiger partial charge in [0.05, 0.1) is 11.6 Å². The van der Waals surface area contributed by atoms with Crippen LogP contribution >= 0.6 is 0 Å². The summed E-state index contributed by atoms with van der Waals surface area (Å²) in [5.74, 6) is 4.42. The minimum Gasteiger partial charge on any atom is -0.208 e. The summed E-state index contributed by atoms with van der Waals surface area (Å²) in [6, 6.07) is 33.4. The Labute approximate surface area is 242 Å². The molecule has 2 aliphatic carbocycles. The Hall–Kier alpha value is -4.36. The zero-order valence-electron chi connectivity index (χ0n) is 23.7. The molecule has 1 heterocycles. The van der Waals surface area contributed by atoms with E-state index in [0.717, 1.165) is 45.2 Å². The first kappa shape index (κ1) is 25.6. The molecule has 202 valence electrons. The Bertz CT molecular complexity index is 1750. The van der Waals surface area contributed by atoms with E-state index in [1.54, 1.807) is 0 Å². The van der Waals surface area contributed by atoms with Gasteiger partial charge in [-0.3, -0.25) is 0 Å². The van der Waals surface area contributed by atoms with Crippen molar-refractivity contribution in [2.45, 2.75) is 51.4 Å². The van der Waals surface area contributed by atoms with Gasteiger partial charge in [-0.15, -0.1) is 0 Å². The lowest BCUT2D eigenvalue weighted by molar-refractivity contribution is 0.0780. The van der Waals surface area contributed by atoms with Crippen LogP contribution in [-0.4, -0.2) is 15.0 Å². The first-order valence-corrected chi connectivity index (χ1v) is 14.8. The standard InChI is InChI=1S/C37H34N4/c1-24-16-27-17-25(2)21-37(20-24,22-27)33-14-12-29(13-15-33)35-39-34(28-6-4-3-5-7-28)40-36(41-35)32-11-10-30-18-26(23-38)8-9-31(30)19-32/h3-15,18-19,24-25,27H,16-17,20-22H2,1-2H3/t24-,25?,27-,37?/m1/s1. The van der Waals surface area contributed by atoms with Crippen molar-refractivity contribution in [2.24, 2.45) is 17.8 Å². The van der Waals surface area contributed by atoms with Crippen LogP contribution in [0.4, 0.5) is 0 Å². The number of hydrogen-bond acceptors (Lipinski definition) is 4. The third kappa shape index (κ3) is 4.91. The van der Waals surface area contributed by atoms with Gasteiger partial charge in [0, 0.05) is 16.7 Å². The van der Waals surface area contributed by atoms with Crippen molar-refractivity contribution in [3.8, 4) is 40.2 Å². The van der Waals surface area contributed by atoms with Gasteiger partial charge in [-0.1, -0.05) is 86.6 Å². The number of benzene rings is 4. The number of aromatic nitrogens is 3. The topological polar surface area (TPSA) is 62.5 Å². The van der Waals surface area contributed by atoms with Gasteiger partial charge < -0.3 is 0 Å². The highest BCUT2D eigenvalue weighted by molar-refractivity contribution is 5.87. The molecule has 0 N–H and O–H groups in total. The smallest absolute Gasteiger partial charge is 0.164 e. The van der Waals surface area contributed by atoms with Crippen molar-refractivity contribution in [2.75, 3.05) is 0 Å². The van der Waals surface area contributed by atoms with E-state index >= 15 is 0 Å². The van der Waals surface area contributed by atoms with Gasteiger partial charge in [-0.25, -0.2) is 15.0 Å². The molecule has 0 radical (unpaired) electrons. The van der Waals surface area contributed by atoms with Crippen LogP contribution in [0.5, 0.6) is 0 Å². The zero-order valence-corrected chi connectivity index (χ0v) is 23.7. The summed E-state index contributed by atoms with van der Waals surface area (Å²) in [6.45, 7) is 4.88. The molecular formula is C37H34N4. The fourth-order valence-electron chi connectivity index (χ4n) is 7.84. The molecule has 0 saturated heterocycles. The first-order chi connectivity index (χ1) is 20.0. The summed E-state index contributed by atoms with van der Waals surface area (Å²) in [4.78, 5) is 14.9. The van der Waals surface area contributed by atoms with Gasteiger partial charge in [0.1, 0.15) is 0 Å². The summed E-state index contributed by atoms with van der Waals surface area (Å²) in [5, 5.41) is 11.4. The van der Waals surface area contributed by atoms with Crippen LogP contribution in [-0.2, 0) is 5.41 Å². The van der Waals surface area contributed by atoms with Crippen LogP contribution in [0, 0.1) is 29.1 Å². The fourth-order valence-corrected chi connectivity index (χ4v) is 7.84.